The maximum Gasteiger partial charge on any atom is 0.333 e. The van der Waals surface area contributed by atoms with Crippen LogP contribution in [0.2, 0.25) is 0 Å². The van der Waals surface area contributed by atoms with Gasteiger partial charge >= 0.3 is 23.5 Å². The average molecular weight is 390 g/mol. The maximum atomic E-state index is 12.6. The number of carbonyl (C=O) groups is 2. The van der Waals surface area contributed by atoms with E-state index in [-0.39, 0.29) is 18.7 Å². The fraction of sp³-hybridized carbons (Fsp3) is 0.778. The number of ether oxygens (including phenoxy) is 1. The number of hydrogen-bond donors (Lipinski definition) is 1. The van der Waals surface area contributed by atoms with Gasteiger partial charge in [-0.15, -0.1) is 8.37 Å². The van der Waals surface area contributed by atoms with Crippen molar-refractivity contribution in [1.29, 1.82) is 0 Å². The van der Waals surface area contributed by atoms with Crippen LogP contribution in [0.25, 0.3) is 0 Å². The molecule has 0 aliphatic heterocycles. The average Bonchev–Trinajstić information content (AvgIpc) is 2.65. The number of urea groups is 1. The maximum absolute atomic E-state index is 12.6. The number of hydrogen-bond acceptors (Lipinski definition) is 5. The zero-order valence-electron chi connectivity index (χ0n) is 16.3. The third-order valence-electron chi connectivity index (χ3n) is 4.32. The van der Waals surface area contributed by atoms with Crippen LogP contribution in [0.15, 0.2) is 12.2 Å². The molecular weight excluding hydrogens is 356 g/mol. The molecule has 0 bridgehead atoms. The molecule has 1 rings (SSSR count). The van der Waals surface area contributed by atoms with Crippen LogP contribution in [0.1, 0.15) is 45.4 Å². The van der Waals surface area contributed by atoms with E-state index in [2.05, 4.69) is 11.9 Å². The molecule has 26 heavy (non-hydrogen) atoms. The van der Waals surface area contributed by atoms with Crippen LogP contribution >= 0.6 is 0 Å². The molecule has 0 radical (unpaired) electrons. The minimum atomic E-state index is -0.514. The van der Waals surface area contributed by atoms with E-state index in [1.807, 2.05) is 4.90 Å². The lowest BCUT2D eigenvalue weighted by atomic mass is 9.94. The zero-order valence-corrected chi connectivity index (χ0v) is 17.1. The molecular formula is C18H33N2O5S+. The molecule has 2 amide bonds. The number of amides is 2. The van der Waals surface area contributed by atoms with Crippen molar-refractivity contribution in [2.45, 2.75) is 51.5 Å². The minimum Gasteiger partial charge on any atom is -0.460 e. The molecule has 1 N–H and O–H groups in total. The largest absolute Gasteiger partial charge is 0.460 e. The van der Waals surface area contributed by atoms with Gasteiger partial charge in [0.25, 0.3) is 0 Å². The molecule has 0 saturated heterocycles. The highest BCUT2D eigenvalue weighted by molar-refractivity contribution is 7.87. The van der Waals surface area contributed by atoms with Gasteiger partial charge in [-0.2, -0.15) is 0 Å². The van der Waals surface area contributed by atoms with Crippen molar-refractivity contribution >= 4 is 23.5 Å². The second-order valence-electron chi connectivity index (χ2n) is 6.33. The Morgan fingerprint density at radius 2 is 1.85 bits per heavy atom. The topological polar surface area (TPSA) is 77.1 Å². The van der Waals surface area contributed by atoms with Crippen LogP contribution in [0, 0.1) is 0 Å². The molecule has 7 nitrogen and oxygen atoms in total. The van der Waals surface area contributed by atoms with Crippen molar-refractivity contribution in [2.75, 3.05) is 39.7 Å². The molecule has 1 saturated carbocycles. The Hall–Kier alpha value is -1.25. The standard InChI is InChI=1S/C18H32N2O5S/c1-15(2)17(21)25-13-11-19-18(22)20(16-9-6-5-7-10-16)12-8-14-26(23-3)24-4/h16H,1,5-14H2,2-4H3/p+1. The summed E-state index contributed by atoms with van der Waals surface area (Å²) in [4.78, 5) is 25.9. The molecule has 0 aromatic carbocycles. The van der Waals surface area contributed by atoms with E-state index in [1.165, 1.54) is 6.42 Å². The van der Waals surface area contributed by atoms with Crippen LogP contribution < -0.4 is 5.32 Å². The summed E-state index contributed by atoms with van der Waals surface area (Å²) in [6, 6.07) is 0.173. The predicted octanol–water partition coefficient (Wildman–Crippen LogP) is 2.58. The third kappa shape index (κ3) is 8.42. The summed E-state index contributed by atoms with van der Waals surface area (Å²) < 4.78 is 15.5. The fourth-order valence-corrected chi connectivity index (χ4v) is 3.79. The zero-order chi connectivity index (χ0) is 19.4. The smallest absolute Gasteiger partial charge is 0.333 e. The van der Waals surface area contributed by atoms with Gasteiger partial charge in [-0.1, -0.05) is 25.8 Å². The summed E-state index contributed by atoms with van der Waals surface area (Å²) in [7, 11) is 3.26. The van der Waals surface area contributed by atoms with Crippen molar-refractivity contribution in [3.05, 3.63) is 12.2 Å². The first-order chi connectivity index (χ1) is 12.5. The van der Waals surface area contributed by atoms with E-state index in [0.29, 0.717) is 18.7 Å². The van der Waals surface area contributed by atoms with Gasteiger partial charge in [0, 0.05) is 24.6 Å². The Labute approximate surface area is 160 Å². The summed E-state index contributed by atoms with van der Waals surface area (Å²) in [5.74, 6) is 0.328. The normalized spacial score (nSPS) is 14.9. The monoisotopic (exact) mass is 389 g/mol. The van der Waals surface area contributed by atoms with Gasteiger partial charge < -0.3 is 15.0 Å². The summed E-state index contributed by atoms with van der Waals surface area (Å²) in [5, 5.41) is 2.86. The third-order valence-corrected chi connectivity index (χ3v) is 5.68. The number of carbonyl (C=O) groups excluding carboxylic acids is 2. The first kappa shape index (κ1) is 22.8. The van der Waals surface area contributed by atoms with Gasteiger partial charge in [0.05, 0.1) is 20.8 Å². The lowest BCUT2D eigenvalue weighted by molar-refractivity contribution is -0.138. The first-order valence-corrected chi connectivity index (χ1v) is 10.4. The molecule has 1 aliphatic carbocycles. The molecule has 0 atom stereocenters. The first-order valence-electron chi connectivity index (χ1n) is 9.16. The van der Waals surface area contributed by atoms with Gasteiger partial charge in [-0.05, 0) is 19.8 Å². The van der Waals surface area contributed by atoms with Crippen molar-refractivity contribution < 1.29 is 22.7 Å². The Balaban J connectivity index is 2.47. The second kappa shape index (κ2) is 13.0. The Morgan fingerprint density at radius 1 is 1.19 bits per heavy atom. The number of nitrogens with one attached hydrogen (secondary N) is 1. The highest BCUT2D eigenvalue weighted by atomic mass is 32.2. The van der Waals surface area contributed by atoms with Crippen molar-refractivity contribution in [1.82, 2.24) is 10.2 Å². The van der Waals surface area contributed by atoms with Gasteiger partial charge in [0.2, 0.25) is 0 Å². The molecule has 0 spiro atoms. The Morgan fingerprint density at radius 3 is 2.42 bits per heavy atom. The molecule has 8 heteroatoms. The lowest BCUT2D eigenvalue weighted by Crippen LogP contribution is -2.48. The molecule has 0 aromatic heterocycles. The van der Waals surface area contributed by atoms with E-state index in [0.717, 1.165) is 37.9 Å². The van der Waals surface area contributed by atoms with E-state index in [9.17, 15) is 9.59 Å². The molecule has 0 aromatic rings. The molecule has 1 aliphatic rings. The van der Waals surface area contributed by atoms with Gasteiger partial charge in [-0.25, -0.2) is 9.59 Å². The van der Waals surface area contributed by atoms with Crippen molar-refractivity contribution in [2.24, 2.45) is 0 Å². The number of rotatable bonds is 11. The van der Waals surface area contributed by atoms with Gasteiger partial charge in [0.1, 0.15) is 6.61 Å². The predicted molar refractivity (Wildman–Crippen MR) is 104 cm³/mol. The fourth-order valence-electron chi connectivity index (χ4n) is 2.96. The molecule has 0 unspecified atom stereocenters. The molecule has 1 fully saturated rings. The summed E-state index contributed by atoms with van der Waals surface area (Å²) >= 11 is -0.514. The second-order valence-corrected chi connectivity index (χ2v) is 8.01. The Bertz CT molecular complexity index is 451. The van der Waals surface area contributed by atoms with Crippen LogP contribution in [-0.2, 0) is 29.4 Å². The molecule has 150 valence electrons. The van der Waals surface area contributed by atoms with Crippen LogP contribution in [0.5, 0.6) is 0 Å². The van der Waals surface area contributed by atoms with Crippen LogP contribution in [0.3, 0.4) is 0 Å². The van der Waals surface area contributed by atoms with E-state index >= 15 is 0 Å². The highest BCUT2D eigenvalue weighted by Gasteiger charge is 2.27. The summed E-state index contributed by atoms with van der Waals surface area (Å²) in [6.07, 6.45) is 6.45. The Kier molecular flexibility index (Phi) is 11.4. The lowest BCUT2D eigenvalue weighted by Gasteiger charge is -2.34. The van der Waals surface area contributed by atoms with E-state index in [4.69, 9.17) is 13.1 Å². The quantitative estimate of drug-likeness (QED) is 0.254. The van der Waals surface area contributed by atoms with E-state index < -0.39 is 17.4 Å². The number of esters is 1. The minimum absolute atomic E-state index is 0.0991. The van der Waals surface area contributed by atoms with Gasteiger partial charge in [-0.3, -0.25) is 0 Å². The highest BCUT2D eigenvalue weighted by Crippen LogP contribution is 2.23. The van der Waals surface area contributed by atoms with Crippen LogP contribution in [0.4, 0.5) is 4.79 Å². The summed E-state index contributed by atoms with van der Waals surface area (Å²) in [6.45, 7) is 6.23. The summed E-state index contributed by atoms with van der Waals surface area (Å²) in [5.41, 5.74) is 0.354. The number of nitrogens with zero attached hydrogens (tertiary/aromatic N) is 1. The van der Waals surface area contributed by atoms with Crippen LogP contribution in [-0.4, -0.2) is 62.6 Å². The van der Waals surface area contributed by atoms with Crippen molar-refractivity contribution in [3.8, 4) is 0 Å². The molecule has 0 heterocycles. The van der Waals surface area contributed by atoms with Gasteiger partial charge in [0.15, 0.2) is 5.75 Å². The van der Waals surface area contributed by atoms with Crippen molar-refractivity contribution in [3.63, 3.8) is 0 Å². The van der Waals surface area contributed by atoms with E-state index in [1.54, 1.807) is 21.1 Å². The SMILES string of the molecule is C=C(C)C(=O)OCCNC(=O)N(CCC[S+](OC)OC)C1CCCCC1.